The van der Waals surface area contributed by atoms with Crippen LogP contribution in [0, 0.1) is 5.82 Å². The van der Waals surface area contributed by atoms with Crippen LogP contribution in [0.3, 0.4) is 0 Å². The zero-order valence-corrected chi connectivity index (χ0v) is 15.4. The first kappa shape index (κ1) is 18.0. The minimum Gasteiger partial charge on any atom is -0.406 e. The molecule has 0 saturated carbocycles. The predicted octanol–water partition coefficient (Wildman–Crippen LogP) is 4.06. The van der Waals surface area contributed by atoms with E-state index in [1.54, 1.807) is 17.0 Å². The highest BCUT2D eigenvalue weighted by Gasteiger charge is 2.34. The van der Waals surface area contributed by atoms with E-state index in [4.69, 9.17) is 4.74 Å². The van der Waals surface area contributed by atoms with Gasteiger partial charge in [-0.2, -0.15) is 0 Å². The average Bonchev–Trinajstić information content (AvgIpc) is 2.65. The number of hydrogen-bond acceptors (Lipinski definition) is 3. The molecule has 4 rings (SSSR count). The van der Waals surface area contributed by atoms with Crippen molar-refractivity contribution in [3.8, 4) is 0 Å². The Bertz CT molecular complexity index is 1010. The Morgan fingerprint density at radius 3 is 2.64 bits per heavy atom. The van der Waals surface area contributed by atoms with Crippen molar-refractivity contribution in [1.29, 1.82) is 0 Å². The highest BCUT2D eigenvalue weighted by atomic mass is 19.1. The molecule has 144 valence electrons. The maximum Gasteiger partial charge on any atom is 0.416 e. The third kappa shape index (κ3) is 3.55. The number of carbonyl (C=O) groups is 2. The molecule has 0 saturated heterocycles. The number of benzene rings is 2. The Morgan fingerprint density at radius 2 is 1.93 bits per heavy atom. The summed E-state index contributed by atoms with van der Waals surface area (Å²) in [7, 11) is 0. The lowest BCUT2D eigenvalue weighted by Crippen LogP contribution is -2.41. The summed E-state index contributed by atoms with van der Waals surface area (Å²) in [5.74, 6) is -0.111. The van der Waals surface area contributed by atoms with Gasteiger partial charge in [0.2, 0.25) is 5.91 Å². The number of nitrogens with one attached hydrogen (secondary N) is 1. The first-order valence-corrected chi connectivity index (χ1v) is 9.09. The molecule has 2 aromatic rings. The number of fused-ring (bicyclic) bond motifs is 1. The molecular formula is C22H21FN2O3. The van der Waals surface area contributed by atoms with Crippen LogP contribution in [-0.2, 0) is 16.0 Å². The summed E-state index contributed by atoms with van der Waals surface area (Å²) in [6.45, 7) is 1.91. The van der Waals surface area contributed by atoms with Gasteiger partial charge in [0.1, 0.15) is 5.82 Å². The smallest absolute Gasteiger partial charge is 0.406 e. The molecular weight excluding hydrogens is 359 g/mol. The normalized spacial score (nSPS) is 17.6. The summed E-state index contributed by atoms with van der Waals surface area (Å²) in [6.07, 6.45) is 0.597. The molecule has 28 heavy (non-hydrogen) atoms. The lowest BCUT2D eigenvalue weighted by Gasteiger charge is -2.37. The molecule has 2 aliphatic rings. The quantitative estimate of drug-likeness (QED) is 0.817. The van der Waals surface area contributed by atoms with Crippen LogP contribution in [0.25, 0.3) is 0 Å². The van der Waals surface area contributed by atoms with E-state index in [-0.39, 0.29) is 19.2 Å². The molecule has 0 bridgehead atoms. The van der Waals surface area contributed by atoms with Gasteiger partial charge in [0, 0.05) is 14.9 Å². The summed E-state index contributed by atoms with van der Waals surface area (Å²) >= 11 is 0. The number of ether oxygens (including phenoxy) is 1. The van der Waals surface area contributed by atoms with Gasteiger partial charge < -0.3 is 10.1 Å². The highest BCUT2D eigenvalue weighted by molar-refractivity contribution is 5.76. The number of rotatable bonds is 3. The second-order valence-corrected chi connectivity index (χ2v) is 6.85. The maximum atomic E-state index is 13.4. The average molecular weight is 380 g/mol. The number of hydrogen-bond donors (Lipinski definition) is 1. The Balaban J connectivity index is 0.00000240. The first-order valence-electron chi connectivity index (χ1n) is 9.09. The van der Waals surface area contributed by atoms with Crippen LogP contribution in [-0.4, -0.2) is 23.4 Å². The zero-order valence-electron chi connectivity index (χ0n) is 15.4. The highest BCUT2D eigenvalue weighted by Crippen LogP contribution is 2.36. The van der Waals surface area contributed by atoms with Crippen LogP contribution in [0.1, 0.15) is 37.5 Å². The van der Waals surface area contributed by atoms with Crippen molar-refractivity contribution < 1.29 is 20.1 Å². The monoisotopic (exact) mass is 380 g/mol. The molecule has 0 fully saturated rings. The minimum atomic E-state index is -0.479. The van der Waals surface area contributed by atoms with Crippen LogP contribution in [0.15, 0.2) is 65.7 Å². The topological polar surface area (TPSA) is 58.6 Å². The van der Waals surface area contributed by atoms with Gasteiger partial charge in [-0.25, -0.2) is 9.18 Å². The first-order chi connectivity index (χ1) is 13.5. The maximum absolute atomic E-state index is 13.4. The van der Waals surface area contributed by atoms with Crippen molar-refractivity contribution in [2.45, 2.75) is 25.8 Å². The van der Waals surface area contributed by atoms with Crippen LogP contribution >= 0.6 is 0 Å². The van der Waals surface area contributed by atoms with E-state index >= 15 is 0 Å². The van der Waals surface area contributed by atoms with Gasteiger partial charge in [-0.15, -0.1) is 0 Å². The van der Waals surface area contributed by atoms with Gasteiger partial charge in [0.15, 0.2) is 5.76 Å². The fraction of sp³-hybridized carbons (Fsp3) is 0.227. The molecule has 1 aliphatic heterocycles. The van der Waals surface area contributed by atoms with Gasteiger partial charge in [0.05, 0.1) is 18.2 Å². The van der Waals surface area contributed by atoms with Gasteiger partial charge in [-0.05, 0) is 35.2 Å². The molecule has 1 heterocycles. The van der Waals surface area contributed by atoms with E-state index in [1.165, 1.54) is 19.1 Å². The molecule has 6 heteroatoms. The predicted molar refractivity (Wildman–Crippen MR) is 103 cm³/mol. The van der Waals surface area contributed by atoms with Crippen LogP contribution in [0.4, 0.5) is 9.18 Å². The Hall–Kier alpha value is -3.37. The molecule has 0 aromatic heterocycles. The van der Waals surface area contributed by atoms with Gasteiger partial charge in [0.25, 0.3) is 0 Å². The number of carbonyl (C=O) groups excluding carboxylic acids is 2. The lowest BCUT2D eigenvalue weighted by atomic mass is 9.88. The number of amides is 2. The Morgan fingerprint density at radius 1 is 1.21 bits per heavy atom. The second kappa shape index (κ2) is 7.33. The van der Waals surface area contributed by atoms with Crippen molar-refractivity contribution in [3.63, 3.8) is 0 Å². The largest absolute Gasteiger partial charge is 0.416 e. The minimum absolute atomic E-state index is 0. The van der Waals surface area contributed by atoms with Crippen molar-refractivity contribution in [2.24, 2.45) is 0 Å². The third-order valence-electron chi connectivity index (χ3n) is 4.87. The summed E-state index contributed by atoms with van der Waals surface area (Å²) in [5, 5.41) is 2.62. The third-order valence-corrected chi connectivity index (χ3v) is 4.87. The van der Waals surface area contributed by atoms with Gasteiger partial charge in [-0.1, -0.05) is 42.1 Å². The fourth-order valence-electron chi connectivity index (χ4n) is 3.59. The van der Waals surface area contributed by atoms with Crippen molar-refractivity contribution in [2.75, 3.05) is 6.54 Å². The van der Waals surface area contributed by atoms with Crippen LogP contribution < -0.4 is 5.32 Å². The van der Waals surface area contributed by atoms with E-state index < -0.39 is 6.09 Å². The van der Waals surface area contributed by atoms with Crippen LogP contribution in [0.2, 0.25) is 0 Å². The second-order valence-electron chi connectivity index (χ2n) is 6.85. The molecule has 5 nitrogen and oxygen atoms in total. The summed E-state index contributed by atoms with van der Waals surface area (Å²) in [5.41, 5.74) is 6.44. The van der Waals surface area contributed by atoms with E-state index in [0.29, 0.717) is 24.4 Å². The Kier molecular flexibility index (Phi) is 4.72. The molecule has 0 radical (unpaired) electrons. The van der Waals surface area contributed by atoms with Crippen LogP contribution in [0.5, 0.6) is 0 Å². The van der Waals surface area contributed by atoms with Crippen molar-refractivity contribution in [1.82, 2.24) is 10.2 Å². The Labute approximate surface area is 163 Å². The molecule has 0 spiro atoms. The van der Waals surface area contributed by atoms with Crippen molar-refractivity contribution in [3.05, 3.63) is 88.2 Å². The van der Waals surface area contributed by atoms with E-state index in [9.17, 15) is 14.0 Å². The molecule has 2 amide bonds. The molecule has 0 unspecified atom stereocenters. The fourth-order valence-corrected chi connectivity index (χ4v) is 3.59. The van der Waals surface area contributed by atoms with E-state index in [1.807, 2.05) is 24.3 Å². The van der Waals surface area contributed by atoms with E-state index in [0.717, 1.165) is 23.1 Å². The summed E-state index contributed by atoms with van der Waals surface area (Å²) < 4.78 is 18.9. The van der Waals surface area contributed by atoms with Gasteiger partial charge >= 0.3 is 6.09 Å². The SMILES string of the molecule is CC(=O)NC1=C=C(OC(=O)N2CCc3ccccc3[C@@H]2c2ccc(F)cc2)C1.[HH]. The van der Waals surface area contributed by atoms with E-state index in [2.05, 4.69) is 11.0 Å². The standard InChI is InChI=1S/C22H19FN2O3.H2/c1-14(26)24-18-12-19(13-18)28-22(27)25-11-10-15-4-2-3-5-20(15)21(25)16-6-8-17(23)9-7-16;/h2-9,21H,10-12H2,1H3,(H,24,26);1H/t21-;/m0./s1. The van der Waals surface area contributed by atoms with Crippen molar-refractivity contribution >= 4 is 12.0 Å². The molecule has 1 N–H and O–H groups in total. The zero-order chi connectivity index (χ0) is 19.7. The molecule has 1 aliphatic carbocycles. The summed E-state index contributed by atoms with van der Waals surface area (Å²) in [4.78, 5) is 25.6. The molecule has 1 atom stereocenters. The number of nitrogens with zero attached hydrogens (tertiary/aromatic N) is 1. The summed E-state index contributed by atoms with van der Waals surface area (Å²) in [6, 6.07) is 13.8. The lowest BCUT2D eigenvalue weighted by molar-refractivity contribution is -0.118. The molecule has 2 aromatic carbocycles. The number of halogens is 1. The van der Waals surface area contributed by atoms with Gasteiger partial charge in [-0.3, -0.25) is 9.69 Å².